The summed E-state index contributed by atoms with van der Waals surface area (Å²) in [6, 6.07) is 5.50. The Morgan fingerprint density at radius 3 is 2.76 bits per heavy atom. The Hall–Kier alpha value is -0.780. The van der Waals surface area contributed by atoms with E-state index < -0.39 is 0 Å². The molecule has 0 aliphatic heterocycles. The Morgan fingerprint density at radius 1 is 1.47 bits per heavy atom. The molecule has 0 heterocycles. The van der Waals surface area contributed by atoms with Crippen molar-refractivity contribution in [3.8, 4) is 5.75 Å². The normalized spacial score (nSPS) is 9.35. The van der Waals surface area contributed by atoms with Gasteiger partial charge in [0.15, 0.2) is 0 Å². The van der Waals surface area contributed by atoms with Gasteiger partial charge < -0.3 is 15.4 Å². The number of nitrogens with one attached hydrogen (secondary N) is 2. The molecule has 0 saturated heterocycles. The average Bonchev–Trinajstić information content (AvgIpc) is 2.23. The first-order chi connectivity index (χ1) is 7.67. The maximum atomic E-state index is 11.4. The third-order valence-electron chi connectivity index (χ3n) is 1.85. The van der Waals surface area contributed by atoms with Crippen molar-refractivity contribution in [1.82, 2.24) is 5.32 Å². The first kappa shape index (κ1) is 16.2. The topological polar surface area (TPSA) is 50.4 Å². The van der Waals surface area contributed by atoms with Crippen molar-refractivity contribution < 1.29 is 9.53 Å². The van der Waals surface area contributed by atoms with Crippen molar-refractivity contribution in [1.29, 1.82) is 0 Å². The molecule has 6 heteroatoms. The van der Waals surface area contributed by atoms with Crippen LogP contribution in [0.5, 0.6) is 5.75 Å². The second-order valence-corrected chi connectivity index (χ2v) is 4.07. The minimum atomic E-state index is -0.0919. The van der Waals surface area contributed by atoms with E-state index in [9.17, 15) is 4.79 Å². The van der Waals surface area contributed by atoms with Gasteiger partial charge in [-0.2, -0.15) is 0 Å². The molecule has 0 atom stereocenters. The van der Waals surface area contributed by atoms with Gasteiger partial charge in [0.25, 0.3) is 0 Å². The highest BCUT2D eigenvalue weighted by molar-refractivity contribution is 9.10. The number of hydrogen-bond donors (Lipinski definition) is 2. The molecule has 1 rings (SSSR count). The van der Waals surface area contributed by atoms with Crippen LogP contribution in [0.3, 0.4) is 0 Å². The number of amides is 1. The second-order valence-electron chi connectivity index (χ2n) is 3.15. The molecule has 17 heavy (non-hydrogen) atoms. The van der Waals surface area contributed by atoms with Gasteiger partial charge in [0.2, 0.25) is 5.91 Å². The van der Waals surface area contributed by atoms with Gasteiger partial charge in [-0.25, -0.2) is 0 Å². The van der Waals surface area contributed by atoms with E-state index >= 15 is 0 Å². The predicted molar refractivity (Wildman–Crippen MR) is 75.1 cm³/mol. The molecule has 0 bridgehead atoms. The van der Waals surface area contributed by atoms with Crippen LogP contribution in [-0.2, 0) is 4.79 Å². The smallest absolute Gasteiger partial charge is 0.238 e. The molecule has 0 saturated carbocycles. The summed E-state index contributed by atoms with van der Waals surface area (Å²) in [5.41, 5.74) is 0.685. The van der Waals surface area contributed by atoms with E-state index in [0.29, 0.717) is 18.0 Å². The Balaban J connectivity index is 0.00000256. The van der Waals surface area contributed by atoms with Crippen LogP contribution in [0.4, 0.5) is 5.69 Å². The first-order valence-corrected chi connectivity index (χ1v) is 5.83. The van der Waals surface area contributed by atoms with E-state index in [1.54, 1.807) is 7.05 Å². The van der Waals surface area contributed by atoms with Crippen molar-refractivity contribution in [2.45, 2.75) is 6.92 Å². The molecule has 0 fully saturated rings. The van der Waals surface area contributed by atoms with Gasteiger partial charge in [0.1, 0.15) is 5.75 Å². The summed E-state index contributed by atoms with van der Waals surface area (Å²) in [6.45, 7) is 2.74. The molecule has 1 amide bonds. The van der Waals surface area contributed by atoms with Crippen molar-refractivity contribution in [3.05, 3.63) is 22.7 Å². The fraction of sp³-hybridized carbons (Fsp3) is 0.364. The summed E-state index contributed by atoms with van der Waals surface area (Å²) in [5.74, 6) is 0.576. The molecule has 0 aliphatic rings. The number of hydrogen-bond acceptors (Lipinski definition) is 3. The minimum absolute atomic E-state index is 0. The summed E-state index contributed by atoms with van der Waals surface area (Å²) in [4.78, 5) is 11.4. The number of ether oxygens (including phenoxy) is 1. The summed E-state index contributed by atoms with van der Waals surface area (Å²) >= 11 is 3.36. The van der Waals surface area contributed by atoms with Gasteiger partial charge in [-0.1, -0.05) is 15.9 Å². The molecule has 4 nitrogen and oxygen atoms in total. The summed E-state index contributed by atoms with van der Waals surface area (Å²) < 4.78 is 6.35. The summed E-state index contributed by atoms with van der Waals surface area (Å²) in [6.07, 6.45) is 0. The second kappa shape index (κ2) is 8.33. The number of carbonyl (C=O) groups is 1. The maximum absolute atomic E-state index is 11.4. The van der Waals surface area contributed by atoms with Gasteiger partial charge in [0.05, 0.1) is 18.8 Å². The van der Waals surface area contributed by atoms with Crippen molar-refractivity contribution in [3.63, 3.8) is 0 Å². The number of likely N-dealkylation sites (N-methyl/N-ethyl adjacent to an activating group) is 1. The zero-order valence-corrected chi connectivity index (χ0v) is 12.2. The maximum Gasteiger partial charge on any atom is 0.238 e. The van der Waals surface area contributed by atoms with Crippen LogP contribution in [-0.4, -0.2) is 26.1 Å². The van der Waals surface area contributed by atoms with E-state index in [1.165, 1.54) is 0 Å². The molecule has 0 unspecified atom stereocenters. The minimum Gasteiger partial charge on any atom is -0.492 e. The SMILES string of the molecule is CCOc1cc(Br)ccc1NC(=O)CNC.Cl. The number of benzene rings is 1. The lowest BCUT2D eigenvalue weighted by atomic mass is 10.3. The van der Waals surface area contributed by atoms with Crippen molar-refractivity contribution in [2.75, 3.05) is 25.5 Å². The fourth-order valence-electron chi connectivity index (χ4n) is 1.23. The quantitative estimate of drug-likeness (QED) is 0.875. The lowest BCUT2D eigenvalue weighted by Crippen LogP contribution is -2.25. The molecule has 1 aromatic rings. The number of anilines is 1. The molecule has 1 aromatic carbocycles. The lowest BCUT2D eigenvalue weighted by molar-refractivity contribution is -0.115. The largest absolute Gasteiger partial charge is 0.492 e. The standard InChI is InChI=1S/C11H15BrN2O2.ClH/c1-3-16-10-6-8(12)4-5-9(10)14-11(15)7-13-2;/h4-6,13H,3,7H2,1-2H3,(H,14,15);1H. The average molecular weight is 324 g/mol. The van der Waals surface area contributed by atoms with Crippen LogP contribution in [0.25, 0.3) is 0 Å². The van der Waals surface area contributed by atoms with E-state index in [0.717, 1.165) is 4.47 Å². The molecule has 0 spiro atoms. The molecule has 0 aromatic heterocycles. The zero-order valence-electron chi connectivity index (χ0n) is 9.75. The summed E-state index contributed by atoms with van der Waals surface area (Å²) in [5, 5.41) is 5.56. The third kappa shape index (κ3) is 5.39. The van der Waals surface area contributed by atoms with Crippen LogP contribution in [0, 0.1) is 0 Å². The lowest BCUT2D eigenvalue weighted by Gasteiger charge is -2.11. The van der Waals surface area contributed by atoms with Crippen LogP contribution in [0.15, 0.2) is 22.7 Å². The highest BCUT2D eigenvalue weighted by Gasteiger charge is 2.07. The zero-order chi connectivity index (χ0) is 12.0. The van der Waals surface area contributed by atoms with E-state index in [-0.39, 0.29) is 24.9 Å². The van der Waals surface area contributed by atoms with Crippen molar-refractivity contribution >= 4 is 39.9 Å². The molecular weight excluding hydrogens is 307 g/mol. The highest BCUT2D eigenvalue weighted by atomic mass is 79.9. The first-order valence-electron chi connectivity index (χ1n) is 5.04. The Kier molecular flexibility index (Phi) is 7.95. The van der Waals surface area contributed by atoms with E-state index in [1.807, 2.05) is 25.1 Å². The Bertz CT molecular complexity index is 374. The summed E-state index contributed by atoms with van der Waals surface area (Å²) in [7, 11) is 1.73. The third-order valence-corrected chi connectivity index (χ3v) is 2.35. The van der Waals surface area contributed by atoms with Gasteiger partial charge >= 0.3 is 0 Å². The van der Waals surface area contributed by atoms with Crippen molar-refractivity contribution in [2.24, 2.45) is 0 Å². The van der Waals surface area contributed by atoms with Crippen LogP contribution >= 0.6 is 28.3 Å². The van der Waals surface area contributed by atoms with Crippen LogP contribution in [0.2, 0.25) is 0 Å². The number of carbonyl (C=O) groups excluding carboxylic acids is 1. The van der Waals surface area contributed by atoms with Crippen LogP contribution in [0.1, 0.15) is 6.92 Å². The molecule has 2 N–H and O–H groups in total. The number of halogens is 2. The van der Waals surface area contributed by atoms with Gasteiger partial charge in [-0.05, 0) is 32.2 Å². The van der Waals surface area contributed by atoms with E-state index in [2.05, 4.69) is 26.6 Å². The molecule has 0 aliphatic carbocycles. The fourth-order valence-corrected chi connectivity index (χ4v) is 1.57. The van der Waals surface area contributed by atoms with Gasteiger partial charge in [-0.3, -0.25) is 4.79 Å². The molecule has 0 radical (unpaired) electrons. The van der Waals surface area contributed by atoms with Crippen LogP contribution < -0.4 is 15.4 Å². The predicted octanol–water partition coefficient (Wildman–Crippen LogP) is 2.43. The highest BCUT2D eigenvalue weighted by Crippen LogP contribution is 2.28. The van der Waals surface area contributed by atoms with Gasteiger partial charge in [-0.15, -0.1) is 12.4 Å². The monoisotopic (exact) mass is 322 g/mol. The Morgan fingerprint density at radius 2 is 2.18 bits per heavy atom. The Labute approximate surface area is 116 Å². The van der Waals surface area contributed by atoms with Gasteiger partial charge in [0, 0.05) is 4.47 Å². The number of rotatable bonds is 5. The molecule has 96 valence electrons. The van der Waals surface area contributed by atoms with E-state index in [4.69, 9.17) is 4.74 Å². The molecular formula is C11H16BrClN2O2.